The van der Waals surface area contributed by atoms with Crippen molar-refractivity contribution in [3.63, 3.8) is 0 Å². The summed E-state index contributed by atoms with van der Waals surface area (Å²) < 4.78 is 19.1. The number of hydrogen-bond acceptors (Lipinski definition) is 7. The summed E-state index contributed by atoms with van der Waals surface area (Å²) in [4.78, 5) is 20.4. The molecule has 4 N–H and O–H groups in total. The summed E-state index contributed by atoms with van der Waals surface area (Å²) in [5, 5.41) is 0. The zero-order chi connectivity index (χ0) is 20.3. The van der Waals surface area contributed by atoms with Crippen molar-refractivity contribution in [2.75, 3.05) is 5.73 Å². The van der Waals surface area contributed by atoms with Crippen molar-refractivity contribution in [1.29, 1.82) is 0 Å². The number of carbonyl (C=O) groups is 1. The van der Waals surface area contributed by atoms with Gasteiger partial charge in [-0.05, 0) is 32.0 Å². The summed E-state index contributed by atoms with van der Waals surface area (Å²) in [7, 11) is 0. The van der Waals surface area contributed by atoms with Crippen molar-refractivity contribution in [2.24, 2.45) is 5.73 Å². The maximum Gasteiger partial charge on any atom is 0.292 e. The molecule has 2 atom stereocenters. The number of amides is 1. The van der Waals surface area contributed by atoms with Crippen LogP contribution in [0.3, 0.4) is 0 Å². The molecule has 0 bridgehead atoms. The highest BCUT2D eigenvalue weighted by molar-refractivity contribution is 5.89. The molecule has 0 spiro atoms. The van der Waals surface area contributed by atoms with Gasteiger partial charge in [-0.2, -0.15) is 4.98 Å². The van der Waals surface area contributed by atoms with E-state index in [-0.39, 0.29) is 12.1 Å². The van der Waals surface area contributed by atoms with Crippen LogP contribution in [0.15, 0.2) is 34.7 Å². The number of aromatic nitrogens is 3. The molecular weight excluding hydrogens is 374 g/mol. The minimum Gasteiger partial charge on any atom is -0.486 e. The number of anilines is 1. The van der Waals surface area contributed by atoms with E-state index in [9.17, 15) is 4.79 Å². The molecule has 0 unspecified atom stereocenters. The SMILES string of the molecule is C[C@@H]1Cn2c(-c3ccc4oc(N)nc4c3)nc3cc(O[C@@H](C)C(N)=O)cc(c32)O1. The Morgan fingerprint density at radius 2 is 2.10 bits per heavy atom. The first kappa shape index (κ1) is 17.4. The molecule has 148 valence electrons. The molecule has 3 heterocycles. The molecule has 9 heteroatoms. The number of hydrogen-bond donors (Lipinski definition) is 2. The first-order valence-electron chi connectivity index (χ1n) is 9.22. The van der Waals surface area contributed by atoms with Crippen LogP contribution in [0, 0.1) is 0 Å². The Morgan fingerprint density at radius 3 is 2.90 bits per heavy atom. The summed E-state index contributed by atoms with van der Waals surface area (Å²) in [6.07, 6.45) is -0.823. The molecule has 0 aliphatic carbocycles. The van der Waals surface area contributed by atoms with Gasteiger partial charge in [-0.3, -0.25) is 4.79 Å². The lowest BCUT2D eigenvalue weighted by Crippen LogP contribution is -2.30. The van der Waals surface area contributed by atoms with E-state index in [4.69, 9.17) is 30.3 Å². The lowest BCUT2D eigenvalue weighted by atomic mass is 10.2. The van der Waals surface area contributed by atoms with Gasteiger partial charge in [0.1, 0.15) is 34.5 Å². The van der Waals surface area contributed by atoms with Crippen molar-refractivity contribution in [3.05, 3.63) is 30.3 Å². The lowest BCUT2D eigenvalue weighted by Gasteiger charge is -2.24. The Kier molecular flexibility index (Phi) is 3.67. The standard InChI is InChI=1S/C20H19N5O4/c1-9-8-25-17-14(6-12(7-16(17)27-9)28-10(2)18(21)26)23-19(25)11-3-4-15-13(5-11)24-20(22)29-15/h3-7,9-10H,8H2,1-2H3,(H2,21,26)(H2,22,24)/t9-,10+/m1/s1. The van der Waals surface area contributed by atoms with Gasteiger partial charge in [-0.25, -0.2) is 4.98 Å². The number of oxazole rings is 1. The van der Waals surface area contributed by atoms with Gasteiger partial charge < -0.3 is 29.9 Å². The minimum absolute atomic E-state index is 0.0612. The van der Waals surface area contributed by atoms with Crippen LogP contribution in [0.2, 0.25) is 0 Å². The third-order valence-electron chi connectivity index (χ3n) is 4.92. The zero-order valence-electron chi connectivity index (χ0n) is 15.9. The number of nitrogens with two attached hydrogens (primary N) is 2. The van der Waals surface area contributed by atoms with Crippen molar-refractivity contribution in [1.82, 2.24) is 14.5 Å². The number of nitrogen functional groups attached to an aromatic ring is 1. The highest BCUT2D eigenvalue weighted by Crippen LogP contribution is 2.39. The van der Waals surface area contributed by atoms with Gasteiger partial charge in [0.25, 0.3) is 11.9 Å². The van der Waals surface area contributed by atoms with Crippen molar-refractivity contribution in [2.45, 2.75) is 32.6 Å². The molecule has 2 aromatic carbocycles. The fourth-order valence-electron chi connectivity index (χ4n) is 3.62. The summed E-state index contributed by atoms with van der Waals surface area (Å²) in [6.45, 7) is 4.24. The fourth-order valence-corrected chi connectivity index (χ4v) is 3.62. The van der Waals surface area contributed by atoms with Gasteiger partial charge in [-0.15, -0.1) is 0 Å². The van der Waals surface area contributed by atoms with Crippen molar-refractivity contribution < 1.29 is 18.7 Å². The maximum atomic E-state index is 11.4. The van der Waals surface area contributed by atoms with Gasteiger partial charge in [0.15, 0.2) is 11.7 Å². The predicted octanol–water partition coefficient (Wildman–Crippen LogP) is 2.46. The van der Waals surface area contributed by atoms with Gasteiger partial charge in [0.2, 0.25) is 0 Å². The van der Waals surface area contributed by atoms with Crippen LogP contribution >= 0.6 is 0 Å². The molecular formula is C20H19N5O4. The molecule has 1 aliphatic heterocycles. The maximum absolute atomic E-state index is 11.4. The average Bonchev–Trinajstić information content (AvgIpc) is 3.20. The summed E-state index contributed by atoms with van der Waals surface area (Å²) in [6, 6.07) is 9.32. The van der Waals surface area contributed by atoms with Crippen LogP contribution in [0.1, 0.15) is 13.8 Å². The van der Waals surface area contributed by atoms with E-state index >= 15 is 0 Å². The molecule has 0 saturated carbocycles. The highest BCUT2D eigenvalue weighted by atomic mass is 16.5. The van der Waals surface area contributed by atoms with E-state index in [0.717, 1.165) is 16.9 Å². The fraction of sp³-hybridized carbons (Fsp3) is 0.250. The molecule has 29 heavy (non-hydrogen) atoms. The lowest BCUT2D eigenvalue weighted by molar-refractivity contribution is -0.123. The second-order valence-corrected chi connectivity index (χ2v) is 7.16. The van der Waals surface area contributed by atoms with Crippen LogP contribution in [0.25, 0.3) is 33.5 Å². The molecule has 0 saturated heterocycles. The van der Waals surface area contributed by atoms with E-state index in [1.54, 1.807) is 19.1 Å². The third-order valence-corrected chi connectivity index (χ3v) is 4.92. The Balaban J connectivity index is 1.67. The number of fused-ring (bicyclic) bond motifs is 1. The van der Waals surface area contributed by atoms with E-state index in [2.05, 4.69) is 9.55 Å². The predicted molar refractivity (Wildman–Crippen MR) is 107 cm³/mol. The number of rotatable bonds is 4. The first-order chi connectivity index (χ1) is 13.9. The van der Waals surface area contributed by atoms with Crippen LogP contribution in [-0.4, -0.2) is 32.7 Å². The normalized spacial score (nSPS) is 16.7. The average molecular weight is 393 g/mol. The van der Waals surface area contributed by atoms with Crippen molar-refractivity contribution in [3.8, 4) is 22.9 Å². The third kappa shape index (κ3) is 2.82. The van der Waals surface area contributed by atoms with Gasteiger partial charge in [0, 0.05) is 17.7 Å². The largest absolute Gasteiger partial charge is 0.486 e. The Morgan fingerprint density at radius 1 is 1.28 bits per heavy atom. The van der Waals surface area contributed by atoms with E-state index < -0.39 is 12.0 Å². The molecule has 1 amide bonds. The number of carbonyl (C=O) groups excluding carboxylic acids is 1. The molecule has 1 aliphatic rings. The molecule has 0 radical (unpaired) electrons. The summed E-state index contributed by atoms with van der Waals surface area (Å²) in [5.41, 5.74) is 14.7. The van der Waals surface area contributed by atoms with E-state index in [1.165, 1.54) is 0 Å². The van der Waals surface area contributed by atoms with E-state index in [1.807, 2.05) is 25.1 Å². The first-order valence-corrected chi connectivity index (χ1v) is 9.22. The minimum atomic E-state index is -0.762. The molecule has 4 aromatic rings. The number of benzene rings is 2. The number of ether oxygens (including phenoxy) is 2. The van der Waals surface area contributed by atoms with Gasteiger partial charge in [0.05, 0.1) is 12.1 Å². The van der Waals surface area contributed by atoms with E-state index in [0.29, 0.717) is 34.7 Å². The second kappa shape index (κ2) is 6.13. The molecule has 2 aromatic heterocycles. The smallest absolute Gasteiger partial charge is 0.292 e. The Hall–Kier alpha value is -3.75. The molecule has 5 rings (SSSR count). The number of nitrogens with zero attached hydrogens (tertiary/aromatic N) is 3. The topological polar surface area (TPSA) is 131 Å². The Labute approximate surface area is 165 Å². The van der Waals surface area contributed by atoms with Crippen LogP contribution in [0.5, 0.6) is 11.5 Å². The van der Waals surface area contributed by atoms with Crippen LogP contribution < -0.4 is 20.9 Å². The monoisotopic (exact) mass is 393 g/mol. The zero-order valence-corrected chi connectivity index (χ0v) is 15.9. The highest BCUT2D eigenvalue weighted by Gasteiger charge is 2.26. The van der Waals surface area contributed by atoms with Crippen LogP contribution in [0.4, 0.5) is 6.01 Å². The van der Waals surface area contributed by atoms with Crippen LogP contribution in [-0.2, 0) is 11.3 Å². The van der Waals surface area contributed by atoms with Gasteiger partial charge >= 0.3 is 0 Å². The van der Waals surface area contributed by atoms with Crippen molar-refractivity contribution >= 4 is 34.1 Å². The summed E-state index contributed by atoms with van der Waals surface area (Å²) >= 11 is 0. The summed E-state index contributed by atoms with van der Waals surface area (Å²) in [5.74, 6) is 1.36. The molecule has 9 nitrogen and oxygen atoms in total. The quantitative estimate of drug-likeness (QED) is 0.544. The molecule has 0 fully saturated rings. The number of primary amides is 1. The number of imidazole rings is 1. The Bertz CT molecular complexity index is 1280. The van der Waals surface area contributed by atoms with Gasteiger partial charge in [-0.1, -0.05) is 0 Å². The second-order valence-electron chi connectivity index (χ2n) is 7.16.